The minimum atomic E-state index is -0.106. The highest BCUT2D eigenvalue weighted by Crippen LogP contribution is 2.21. The molecule has 0 aromatic heterocycles. The fraction of sp³-hybridized carbons (Fsp3) is 0.500. The number of methoxy groups -OCH3 is 2. The zero-order chi connectivity index (χ0) is 10.4. The summed E-state index contributed by atoms with van der Waals surface area (Å²) in [4.78, 5) is 0. The summed E-state index contributed by atoms with van der Waals surface area (Å²) < 4.78 is 10.3. The summed E-state index contributed by atoms with van der Waals surface area (Å²) in [6, 6.07) is 10.4. The van der Waals surface area contributed by atoms with E-state index in [0.717, 1.165) is 6.42 Å². The second-order valence-corrected chi connectivity index (χ2v) is 3.45. The predicted molar refractivity (Wildman–Crippen MR) is 57.3 cm³/mol. The number of hydrogen-bond donors (Lipinski definition) is 0. The lowest BCUT2D eigenvalue weighted by Gasteiger charge is -2.18. The first-order valence-corrected chi connectivity index (χ1v) is 4.88. The lowest BCUT2D eigenvalue weighted by atomic mass is 9.98. The van der Waals surface area contributed by atoms with Gasteiger partial charge in [0.1, 0.15) is 0 Å². The average Bonchev–Trinajstić information content (AvgIpc) is 2.26. The smallest absolute Gasteiger partial charge is 0.157 e. The topological polar surface area (TPSA) is 18.5 Å². The molecular weight excluding hydrogens is 176 g/mol. The van der Waals surface area contributed by atoms with Crippen molar-refractivity contribution in [2.75, 3.05) is 14.2 Å². The summed E-state index contributed by atoms with van der Waals surface area (Å²) in [6.07, 6.45) is 0.780. The molecule has 0 heterocycles. The van der Waals surface area contributed by atoms with Gasteiger partial charge in [-0.05, 0) is 11.5 Å². The third-order valence-electron chi connectivity index (χ3n) is 2.44. The zero-order valence-electron chi connectivity index (χ0n) is 9.07. The summed E-state index contributed by atoms with van der Waals surface area (Å²) in [5.41, 5.74) is 1.33. The molecule has 0 saturated carbocycles. The molecule has 0 spiro atoms. The van der Waals surface area contributed by atoms with Gasteiger partial charge in [0, 0.05) is 20.6 Å². The fourth-order valence-corrected chi connectivity index (χ4v) is 1.50. The van der Waals surface area contributed by atoms with Gasteiger partial charge in [-0.2, -0.15) is 0 Å². The van der Waals surface area contributed by atoms with E-state index in [2.05, 4.69) is 31.2 Å². The Morgan fingerprint density at radius 2 is 1.64 bits per heavy atom. The van der Waals surface area contributed by atoms with Crippen LogP contribution in [-0.2, 0) is 9.47 Å². The molecule has 0 aliphatic rings. The van der Waals surface area contributed by atoms with Gasteiger partial charge in [0.05, 0.1) is 0 Å². The Kier molecular flexibility index (Phi) is 4.63. The predicted octanol–water partition coefficient (Wildman–Crippen LogP) is 2.80. The van der Waals surface area contributed by atoms with Crippen molar-refractivity contribution in [3.05, 3.63) is 35.9 Å². The van der Waals surface area contributed by atoms with Crippen LogP contribution in [0.3, 0.4) is 0 Å². The molecule has 1 aromatic carbocycles. The van der Waals surface area contributed by atoms with E-state index in [0.29, 0.717) is 5.92 Å². The van der Waals surface area contributed by atoms with Gasteiger partial charge in [-0.3, -0.25) is 0 Å². The standard InChI is InChI=1S/C12H18O2/c1-10(9-12(13-2)14-3)11-7-5-4-6-8-11/h4-8,10,12H,9H2,1-3H3. The summed E-state index contributed by atoms with van der Waals surface area (Å²) in [6.45, 7) is 2.18. The molecule has 0 radical (unpaired) electrons. The minimum Gasteiger partial charge on any atom is -0.356 e. The summed E-state index contributed by atoms with van der Waals surface area (Å²) in [5, 5.41) is 0. The van der Waals surface area contributed by atoms with Crippen LogP contribution >= 0.6 is 0 Å². The summed E-state index contributed by atoms with van der Waals surface area (Å²) in [5.74, 6) is 0.459. The largest absolute Gasteiger partial charge is 0.356 e. The van der Waals surface area contributed by atoms with E-state index in [1.807, 2.05) is 6.07 Å². The molecule has 2 heteroatoms. The first kappa shape index (κ1) is 11.2. The first-order valence-electron chi connectivity index (χ1n) is 4.88. The first-order chi connectivity index (χ1) is 6.77. The van der Waals surface area contributed by atoms with Crippen molar-refractivity contribution in [3.63, 3.8) is 0 Å². The van der Waals surface area contributed by atoms with E-state index >= 15 is 0 Å². The zero-order valence-corrected chi connectivity index (χ0v) is 9.07. The van der Waals surface area contributed by atoms with Crippen molar-refractivity contribution < 1.29 is 9.47 Å². The highest BCUT2D eigenvalue weighted by Gasteiger charge is 2.12. The summed E-state index contributed by atoms with van der Waals surface area (Å²) in [7, 11) is 3.34. The number of hydrogen-bond acceptors (Lipinski definition) is 2. The van der Waals surface area contributed by atoms with Crippen LogP contribution in [0.1, 0.15) is 24.8 Å². The molecule has 2 nitrogen and oxygen atoms in total. The van der Waals surface area contributed by atoms with Gasteiger partial charge in [-0.25, -0.2) is 0 Å². The van der Waals surface area contributed by atoms with Crippen molar-refractivity contribution >= 4 is 0 Å². The van der Waals surface area contributed by atoms with Crippen LogP contribution < -0.4 is 0 Å². The van der Waals surface area contributed by atoms with Gasteiger partial charge >= 0.3 is 0 Å². The van der Waals surface area contributed by atoms with Gasteiger partial charge in [0.2, 0.25) is 0 Å². The monoisotopic (exact) mass is 194 g/mol. The maximum Gasteiger partial charge on any atom is 0.157 e. The Morgan fingerprint density at radius 3 is 2.14 bits per heavy atom. The van der Waals surface area contributed by atoms with Crippen LogP contribution in [0.5, 0.6) is 0 Å². The van der Waals surface area contributed by atoms with Crippen molar-refractivity contribution in [3.8, 4) is 0 Å². The van der Waals surface area contributed by atoms with Crippen LogP contribution in [0.2, 0.25) is 0 Å². The second kappa shape index (κ2) is 5.78. The molecule has 1 atom stereocenters. The fourth-order valence-electron chi connectivity index (χ4n) is 1.50. The Labute approximate surface area is 85.8 Å². The van der Waals surface area contributed by atoms with E-state index in [4.69, 9.17) is 9.47 Å². The third kappa shape index (κ3) is 3.13. The Balaban J connectivity index is 2.54. The molecule has 1 rings (SSSR count). The highest BCUT2D eigenvalue weighted by atomic mass is 16.7. The quantitative estimate of drug-likeness (QED) is 0.671. The molecule has 0 bridgehead atoms. The van der Waals surface area contributed by atoms with Crippen LogP contribution in [0.25, 0.3) is 0 Å². The molecule has 14 heavy (non-hydrogen) atoms. The van der Waals surface area contributed by atoms with E-state index in [9.17, 15) is 0 Å². The highest BCUT2D eigenvalue weighted by molar-refractivity contribution is 5.18. The van der Waals surface area contributed by atoms with E-state index in [1.165, 1.54) is 5.56 Å². The van der Waals surface area contributed by atoms with Crippen molar-refractivity contribution in [2.45, 2.75) is 25.6 Å². The molecule has 0 saturated heterocycles. The van der Waals surface area contributed by atoms with Gasteiger partial charge in [-0.15, -0.1) is 0 Å². The molecular formula is C12H18O2. The average molecular weight is 194 g/mol. The maximum atomic E-state index is 5.17. The number of benzene rings is 1. The van der Waals surface area contributed by atoms with Gasteiger partial charge < -0.3 is 9.47 Å². The molecule has 0 fully saturated rings. The Morgan fingerprint density at radius 1 is 1.07 bits per heavy atom. The maximum absolute atomic E-state index is 5.17. The Hall–Kier alpha value is -0.860. The molecule has 78 valence electrons. The molecule has 0 aliphatic heterocycles. The normalized spacial score (nSPS) is 13.1. The van der Waals surface area contributed by atoms with E-state index in [-0.39, 0.29) is 6.29 Å². The Bertz CT molecular complexity index is 242. The molecule has 0 amide bonds. The molecule has 1 aromatic rings. The van der Waals surface area contributed by atoms with E-state index < -0.39 is 0 Å². The van der Waals surface area contributed by atoms with Crippen molar-refractivity contribution in [1.29, 1.82) is 0 Å². The third-order valence-corrected chi connectivity index (χ3v) is 2.44. The van der Waals surface area contributed by atoms with E-state index in [1.54, 1.807) is 14.2 Å². The van der Waals surface area contributed by atoms with Crippen molar-refractivity contribution in [2.24, 2.45) is 0 Å². The van der Waals surface area contributed by atoms with Crippen LogP contribution in [0.4, 0.5) is 0 Å². The van der Waals surface area contributed by atoms with Gasteiger partial charge in [0.15, 0.2) is 6.29 Å². The number of rotatable bonds is 5. The van der Waals surface area contributed by atoms with Crippen LogP contribution in [0, 0.1) is 0 Å². The molecule has 0 N–H and O–H groups in total. The minimum absolute atomic E-state index is 0.106. The lowest BCUT2D eigenvalue weighted by Crippen LogP contribution is -2.15. The van der Waals surface area contributed by atoms with Crippen LogP contribution in [-0.4, -0.2) is 20.5 Å². The van der Waals surface area contributed by atoms with Crippen LogP contribution in [0.15, 0.2) is 30.3 Å². The second-order valence-electron chi connectivity index (χ2n) is 3.45. The molecule has 0 aliphatic carbocycles. The SMILES string of the molecule is COC(CC(C)c1ccccc1)OC. The lowest BCUT2D eigenvalue weighted by molar-refractivity contribution is -0.108. The van der Waals surface area contributed by atoms with Crippen molar-refractivity contribution in [1.82, 2.24) is 0 Å². The summed E-state index contributed by atoms with van der Waals surface area (Å²) >= 11 is 0. The van der Waals surface area contributed by atoms with Gasteiger partial charge in [0.25, 0.3) is 0 Å². The molecule has 1 unspecified atom stereocenters. The number of ether oxygens (including phenoxy) is 2. The van der Waals surface area contributed by atoms with Gasteiger partial charge in [-0.1, -0.05) is 37.3 Å².